The van der Waals surface area contributed by atoms with Gasteiger partial charge in [0.25, 0.3) is 0 Å². The molecule has 1 saturated heterocycles. The SMILES string of the molecule is CC(C)CNC(=O)C1CCN(Cc2ccccc2)CC1.O=C(O)C(=O)O. The van der Waals surface area contributed by atoms with Crippen LogP contribution >= 0.6 is 0 Å². The molecule has 1 aromatic carbocycles. The van der Waals surface area contributed by atoms with E-state index in [4.69, 9.17) is 19.8 Å². The van der Waals surface area contributed by atoms with Crippen molar-refractivity contribution in [2.75, 3.05) is 19.6 Å². The summed E-state index contributed by atoms with van der Waals surface area (Å²) in [5, 5.41) is 17.8. The highest BCUT2D eigenvalue weighted by Gasteiger charge is 2.24. The lowest BCUT2D eigenvalue weighted by molar-refractivity contribution is -0.159. The Hall–Kier alpha value is -2.41. The molecule has 0 spiro atoms. The predicted molar refractivity (Wildman–Crippen MR) is 97.6 cm³/mol. The number of carboxylic acid groups (broad SMARTS) is 2. The highest BCUT2D eigenvalue weighted by atomic mass is 16.4. The van der Waals surface area contributed by atoms with Crippen LogP contribution in [0.3, 0.4) is 0 Å². The first-order valence-corrected chi connectivity index (χ1v) is 8.79. The maximum absolute atomic E-state index is 12.0. The van der Waals surface area contributed by atoms with Crippen LogP contribution in [0.15, 0.2) is 30.3 Å². The maximum atomic E-state index is 12.0. The number of piperidine rings is 1. The zero-order chi connectivity index (χ0) is 19.5. The zero-order valence-corrected chi connectivity index (χ0v) is 15.4. The number of carboxylic acids is 2. The van der Waals surface area contributed by atoms with Gasteiger partial charge in [-0.2, -0.15) is 0 Å². The Morgan fingerprint density at radius 2 is 1.62 bits per heavy atom. The first kappa shape index (κ1) is 21.6. The number of rotatable bonds is 5. The highest BCUT2D eigenvalue weighted by Crippen LogP contribution is 2.19. The second kappa shape index (κ2) is 11.3. The molecule has 7 nitrogen and oxygen atoms in total. The molecule has 0 radical (unpaired) electrons. The normalized spacial score (nSPS) is 15.0. The molecule has 7 heteroatoms. The lowest BCUT2D eigenvalue weighted by Crippen LogP contribution is -2.41. The number of nitrogens with zero attached hydrogens (tertiary/aromatic N) is 1. The third-order valence-electron chi connectivity index (χ3n) is 4.07. The zero-order valence-electron chi connectivity index (χ0n) is 15.4. The Morgan fingerprint density at radius 3 is 2.08 bits per heavy atom. The maximum Gasteiger partial charge on any atom is 0.414 e. The fourth-order valence-electron chi connectivity index (χ4n) is 2.64. The molecule has 1 aromatic rings. The molecule has 0 unspecified atom stereocenters. The van der Waals surface area contributed by atoms with Crippen molar-refractivity contribution in [1.82, 2.24) is 10.2 Å². The summed E-state index contributed by atoms with van der Waals surface area (Å²) >= 11 is 0. The molecule has 0 aromatic heterocycles. The van der Waals surface area contributed by atoms with Gasteiger partial charge in [-0.25, -0.2) is 9.59 Å². The van der Waals surface area contributed by atoms with Crippen molar-refractivity contribution < 1.29 is 24.6 Å². The summed E-state index contributed by atoms with van der Waals surface area (Å²) in [5.74, 6) is -2.67. The van der Waals surface area contributed by atoms with Crippen LogP contribution in [-0.4, -0.2) is 52.6 Å². The van der Waals surface area contributed by atoms with Gasteiger partial charge in [-0.05, 0) is 37.4 Å². The second-order valence-electron chi connectivity index (χ2n) is 6.79. The number of nitrogens with one attached hydrogen (secondary N) is 1. The largest absolute Gasteiger partial charge is 0.473 e. The summed E-state index contributed by atoms with van der Waals surface area (Å²) in [5.41, 5.74) is 1.36. The Morgan fingerprint density at radius 1 is 1.08 bits per heavy atom. The number of hydrogen-bond donors (Lipinski definition) is 3. The summed E-state index contributed by atoms with van der Waals surface area (Å²) < 4.78 is 0. The first-order valence-electron chi connectivity index (χ1n) is 8.79. The van der Waals surface area contributed by atoms with Crippen LogP contribution in [0.2, 0.25) is 0 Å². The number of carbonyl (C=O) groups excluding carboxylic acids is 1. The van der Waals surface area contributed by atoms with Crippen molar-refractivity contribution in [3.05, 3.63) is 35.9 Å². The van der Waals surface area contributed by atoms with Crippen LogP contribution < -0.4 is 5.32 Å². The topological polar surface area (TPSA) is 107 Å². The van der Waals surface area contributed by atoms with E-state index in [9.17, 15) is 4.79 Å². The summed E-state index contributed by atoms with van der Waals surface area (Å²) in [6, 6.07) is 10.6. The summed E-state index contributed by atoms with van der Waals surface area (Å²) in [7, 11) is 0. The van der Waals surface area contributed by atoms with Crippen LogP contribution in [0.4, 0.5) is 0 Å². The molecule has 1 aliphatic rings. The monoisotopic (exact) mass is 364 g/mol. The Labute approximate surface area is 154 Å². The lowest BCUT2D eigenvalue weighted by atomic mass is 9.95. The third kappa shape index (κ3) is 8.62. The smallest absolute Gasteiger partial charge is 0.414 e. The standard InChI is InChI=1S/C17H26N2O.C2H2O4/c1-14(2)12-18-17(20)16-8-10-19(11-9-16)13-15-6-4-3-5-7-15;3-1(4)2(5)6/h3-7,14,16H,8-13H2,1-2H3,(H,18,20);(H,3,4)(H,5,6). The summed E-state index contributed by atoms with van der Waals surface area (Å²) in [6.07, 6.45) is 1.97. The van der Waals surface area contributed by atoms with Crippen molar-refractivity contribution in [2.45, 2.75) is 33.2 Å². The van der Waals surface area contributed by atoms with Crippen molar-refractivity contribution in [1.29, 1.82) is 0 Å². The van der Waals surface area contributed by atoms with Gasteiger partial charge in [0.2, 0.25) is 5.91 Å². The average molecular weight is 364 g/mol. The van der Waals surface area contributed by atoms with Gasteiger partial charge in [0.05, 0.1) is 0 Å². The van der Waals surface area contributed by atoms with Gasteiger partial charge in [-0.1, -0.05) is 44.2 Å². The Bertz CT molecular complexity index is 569. The minimum atomic E-state index is -1.82. The average Bonchev–Trinajstić information content (AvgIpc) is 2.61. The van der Waals surface area contributed by atoms with Crippen LogP contribution in [0.5, 0.6) is 0 Å². The van der Waals surface area contributed by atoms with E-state index in [1.54, 1.807) is 0 Å². The number of benzene rings is 1. The molecule has 1 aliphatic heterocycles. The van der Waals surface area contributed by atoms with E-state index in [1.807, 2.05) is 0 Å². The molecule has 26 heavy (non-hydrogen) atoms. The number of aliphatic carboxylic acids is 2. The molecule has 0 bridgehead atoms. The van der Waals surface area contributed by atoms with E-state index < -0.39 is 11.9 Å². The van der Waals surface area contributed by atoms with Crippen LogP contribution in [-0.2, 0) is 20.9 Å². The van der Waals surface area contributed by atoms with E-state index in [1.165, 1.54) is 5.56 Å². The van der Waals surface area contributed by atoms with Gasteiger partial charge in [-0.15, -0.1) is 0 Å². The van der Waals surface area contributed by atoms with Crippen molar-refractivity contribution >= 4 is 17.8 Å². The fraction of sp³-hybridized carbons (Fsp3) is 0.526. The molecule has 0 saturated carbocycles. The fourth-order valence-corrected chi connectivity index (χ4v) is 2.64. The molecule has 3 N–H and O–H groups in total. The van der Waals surface area contributed by atoms with Gasteiger partial charge in [0, 0.05) is 19.0 Å². The van der Waals surface area contributed by atoms with Crippen molar-refractivity contribution in [3.8, 4) is 0 Å². The van der Waals surface area contributed by atoms with E-state index in [-0.39, 0.29) is 11.8 Å². The van der Waals surface area contributed by atoms with Crippen LogP contribution in [0.25, 0.3) is 0 Å². The minimum absolute atomic E-state index is 0.209. The number of hydrogen-bond acceptors (Lipinski definition) is 4. The molecule has 144 valence electrons. The predicted octanol–water partition coefficient (Wildman–Crippen LogP) is 1.83. The quantitative estimate of drug-likeness (QED) is 0.688. The molecule has 1 heterocycles. The number of likely N-dealkylation sites (tertiary alicyclic amines) is 1. The van der Waals surface area contributed by atoms with E-state index >= 15 is 0 Å². The van der Waals surface area contributed by atoms with Gasteiger partial charge in [-0.3, -0.25) is 9.69 Å². The molecule has 1 fully saturated rings. The summed E-state index contributed by atoms with van der Waals surface area (Å²) in [6.45, 7) is 8.10. The Kier molecular flexibility index (Phi) is 9.36. The van der Waals surface area contributed by atoms with Gasteiger partial charge >= 0.3 is 11.9 Å². The third-order valence-corrected chi connectivity index (χ3v) is 4.07. The van der Waals surface area contributed by atoms with Gasteiger partial charge < -0.3 is 15.5 Å². The van der Waals surface area contributed by atoms with Gasteiger partial charge in [0.1, 0.15) is 0 Å². The summed E-state index contributed by atoms with van der Waals surface area (Å²) in [4.78, 5) is 32.7. The van der Waals surface area contributed by atoms with Gasteiger partial charge in [0.15, 0.2) is 0 Å². The van der Waals surface area contributed by atoms with Crippen LogP contribution in [0, 0.1) is 11.8 Å². The van der Waals surface area contributed by atoms with E-state index in [0.29, 0.717) is 5.92 Å². The molecular formula is C19H28N2O5. The molecule has 0 atom stereocenters. The van der Waals surface area contributed by atoms with Crippen molar-refractivity contribution in [3.63, 3.8) is 0 Å². The minimum Gasteiger partial charge on any atom is -0.473 e. The molecule has 0 aliphatic carbocycles. The Balaban J connectivity index is 0.000000487. The second-order valence-corrected chi connectivity index (χ2v) is 6.79. The van der Waals surface area contributed by atoms with Crippen molar-refractivity contribution in [2.24, 2.45) is 11.8 Å². The molecular weight excluding hydrogens is 336 g/mol. The van der Waals surface area contributed by atoms with Crippen LogP contribution in [0.1, 0.15) is 32.3 Å². The van der Waals surface area contributed by atoms with E-state index in [0.717, 1.165) is 39.0 Å². The molecule has 1 amide bonds. The lowest BCUT2D eigenvalue weighted by Gasteiger charge is -2.31. The highest BCUT2D eigenvalue weighted by molar-refractivity contribution is 6.27. The number of amides is 1. The van der Waals surface area contributed by atoms with E-state index in [2.05, 4.69) is 54.4 Å². The number of carbonyl (C=O) groups is 3. The molecule has 2 rings (SSSR count). The first-order chi connectivity index (χ1) is 12.3.